The van der Waals surface area contributed by atoms with Crippen LogP contribution in [0.4, 0.5) is 11.4 Å². The Balaban J connectivity index is 1.99. The molecule has 21 heavy (non-hydrogen) atoms. The van der Waals surface area contributed by atoms with E-state index in [0.29, 0.717) is 6.42 Å². The summed E-state index contributed by atoms with van der Waals surface area (Å²) in [6.45, 7) is 0. The maximum atomic E-state index is 11.8. The molecule has 1 heterocycles. The molecule has 7 nitrogen and oxygen atoms in total. The molecule has 0 aliphatic carbocycles. The molecule has 2 aromatic rings. The van der Waals surface area contributed by atoms with Crippen LogP contribution in [0.5, 0.6) is 0 Å². The lowest BCUT2D eigenvalue weighted by Gasteiger charge is -2.07. The molecule has 1 aromatic carbocycles. The Morgan fingerprint density at radius 1 is 1.33 bits per heavy atom. The predicted molar refractivity (Wildman–Crippen MR) is 77.1 cm³/mol. The Morgan fingerprint density at radius 2 is 2.05 bits per heavy atom. The second kappa shape index (κ2) is 6.76. The van der Waals surface area contributed by atoms with Crippen LogP contribution in [0, 0.1) is 10.1 Å². The van der Waals surface area contributed by atoms with Crippen molar-refractivity contribution in [3.05, 3.63) is 57.6 Å². The third-order valence-electron chi connectivity index (χ3n) is 2.69. The fraction of sp³-hybridized carbons (Fsp3) is 0.154. The summed E-state index contributed by atoms with van der Waals surface area (Å²) in [6, 6.07) is 3.88. The molecule has 0 atom stereocenters. The SMILES string of the molecule is O=C(CCc1cncnc1)Nc1cc([N+](=O)[O-])ccc1Cl. The van der Waals surface area contributed by atoms with E-state index < -0.39 is 4.92 Å². The van der Waals surface area contributed by atoms with Crippen LogP contribution in [0.3, 0.4) is 0 Å². The molecule has 0 unspecified atom stereocenters. The van der Waals surface area contributed by atoms with Gasteiger partial charge in [0, 0.05) is 30.9 Å². The number of nitro benzene ring substituents is 1. The Hall–Kier alpha value is -2.54. The van der Waals surface area contributed by atoms with E-state index in [1.54, 1.807) is 12.4 Å². The lowest BCUT2D eigenvalue weighted by atomic mass is 10.2. The van der Waals surface area contributed by atoms with Crippen molar-refractivity contribution in [3.63, 3.8) is 0 Å². The smallest absolute Gasteiger partial charge is 0.271 e. The van der Waals surface area contributed by atoms with Crippen molar-refractivity contribution < 1.29 is 9.72 Å². The van der Waals surface area contributed by atoms with Gasteiger partial charge in [-0.3, -0.25) is 14.9 Å². The highest BCUT2D eigenvalue weighted by atomic mass is 35.5. The van der Waals surface area contributed by atoms with Gasteiger partial charge in [0.15, 0.2) is 0 Å². The third-order valence-corrected chi connectivity index (χ3v) is 3.02. The standard InChI is InChI=1S/C13H11ClN4O3/c14-11-3-2-10(18(20)21)5-12(11)17-13(19)4-1-9-6-15-8-16-7-9/h2-3,5-8H,1,4H2,(H,17,19). The zero-order valence-electron chi connectivity index (χ0n) is 10.8. The number of rotatable bonds is 5. The van der Waals surface area contributed by atoms with Crippen molar-refractivity contribution in [2.75, 3.05) is 5.32 Å². The summed E-state index contributed by atoms with van der Waals surface area (Å²) in [5, 5.41) is 13.5. The number of anilines is 1. The molecule has 0 saturated carbocycles. The second-order valence-electron chi connectivity index (χ2n) is 4.22. The lowest BCUT2D eigenvalue weighted by Crippen LogP contribution is -2.13. The Bertz CT molecular complexity index is 664. The van der Waals surface area contributed by atoms with Gasteiger partial charge in [-0.1, -0.05) is 11.6 Å². The van der Waals surface area contributed by atoms with Gasteiger partial charge in [0.2, 0.25) is 5.91 Å². The minimum atomic E-state index is -0.548. The first-order chi connectivity index (χ1) is 10.1. The van der Waals surface area contributed by atoms with Gasteiger partial charge in [0.25, 0.3) is 5.69 Å². The van der Waals surface area contributed by atoms with Gasteiger partial charge < -0.3 is 5.32 Å². The van der Waals surface area contributed by atoms with E-state index in [2.05, 4.69) is 15.3 Å². The minimum absolute atomic E-state index is 0.133. The van der Waals surface area contributed by atoms with Crippen molar-refractivity contribution >= 4 is 28.9 Å². The first-order valence-corrected chi connectivity index (χ1v) is 6.42. The average Bonchev–Trinajstić information content (AvgIpc) is 2.48. The highest BCUT2D eigenvalue weighted by molar-refractivity contribution is 6.33. The second-order valence-corrected chi connectivity index (χ2v) is 4.62. The Labute approximate surface area is 125 Å². The summed E-state index contributed by atoms with van der Waals surface area (Å²) in [7, 11) is 0. The molecule has 8 heteroatoms. The average molecular weight is 307 g/mol. The van der Waals surface area contributed by atoms with Gasteiger partial charge >= 0.3 is 0 Å². The third kappa shape index (κ3) is 4.22. The number of hydrogen-bond donors (Lipinski definition) is 1. The van der Waals surface area contributed by atoms with E-state index in [9.17, 15) is 14.9 Å². The summed E-state index contributed by atoms with van der Waals surface area (Å²) in [4.78, 5) is 29.7. The summed E-state index contributed by atoms with van der Waals surface area (Å²) in [5.74, 6) is -0.291. The lowest BCUT2D eigenvalue weighted by molar-refractivity contribution is -0.384. The number of nitrogens with zero attached hydrogens (tertiary/aromatic N) is 3. The number of aryl methyl sites for hydroxylation is 1. The number of carbonyl (C=O) groups excluding carboxylic acids is 1. The van der Waals surface area contributed by atoms with E-state index in [1.807, 2.05) is 0 Å². The molecule has 1 N–H and O–H groups in total. The maximum Gasteiger partial charge on any atom is 0.271 e. The highest BCUT2D eigenvalue weighted by Gasteiger charge is 2.12. The predicted octanol–water partition coefficient (Wildman–Crippen LogP) is 2.61. The zero-order chi connectivity index (χ0) is 15.2. The molecule has 1 aromatic heterocycles. The van der Waals surface area contributed by atoms with Crippen molar-refractivity contribution in [1.82, 2.24) is 9.97 Å². The van der Waals surface area contributed by atoms with Gasteiger partial charge in [-0.2, -0.15) is 0 Å². The largest absolute Gasteiger partial charge is 0.325 e. The molecule has 108 valence electrons. The van der Waals surface area contributed by atoms with Crippen molar-refractivity contribution in [1.29, 1.82) is 0 Å². The number of halogens is 1. The van der Waals surface area contributed by atoms with Crippen LogP contribution in [-0.4, -0.2) is 20.8 Å². The van der Waals surface area contributed by atoms with Crippen LogP contribution >= 0.6 is 11.6 Å². The van der Waals surface area contributed by atoms with Crippen LogP contribution in [0.1, 0.15) is 12.0 Å². The monoisotopic (exact) mass is 306 g/mol. The number of aromatic nitrogens is 2. The Morgan fingerprint density at radius 3 is 2.71 bits per heavy atom. The Kier molecular flexibility index (Phi) is 4.78. The number of amides is 1. The molecular formula is C13H11ClN4O3. The van der Waals surface area contributed by atoms with Crippen LogP contribution in [0.25, 0.3) is 0 Å². The molecule has 2 rings (SSSR count). The van der Waals surface area contributed by atoms with Gasteiger partial charge in [-0.05, 0) is 18.1 Å². The number of benzene rings is 1. The molecule has 0 fully saturated rings. The van der Waals surface area contributed by atoms with Gasteiger partial charge in [-0.15, -0.1) is 0 Å². The molecule has 0 spiro atoms. The van der Waals surface area contributed by atoms with Gasteiger partial charge in [-0.25, -0.2) is 9.97 Å². The molecular weight excluding hydrogens is 296 g/mol. The van der Waals surface area contributed by atoms with E-state index in [-0.39, 0.29) is 28.7 Å². The topological polar surface area (TPSA) is 98.0 Å². The van der Waals surface area contributed by atoms with E-state index in [4.69, 9.17) is 11.6 Å². The molecule has 1 amide bonds. The molecule has 0 bridgehead atoms. The van der Waals surface area contributed by atoms with E-state index in [0.717, 1.165) is 5.56 Å². The first-order valence-electron chi connectivity index (χ1n) is 6.04. The number of nitro groups is 1. The fourth-order valence-electron chi connectivity index (χ4n) is 1.65. The minimum Gasteiger partial charge on any atom is -0.325 e. The van der Waals surface area contributed by atoms with Crippen LogP contribution < -0.4 is 5.32 Å². The normalized spacial score (nSPS) is 10.1. The molecule has 0 radical (unpaired) electrons. The summed E-state index contributed by atoms with van der Waals surface area (Å²) in [6.07, 6.45) is 5.33. The van der Waals surface area contributed by atoms with Crippen molar-refractivity contribution in [2.45, 2.75) is 12.8 Å². The van der Waals surface area contributed by atoms with Gasteiger partial charge in [0.05, 0.1) is 15.6 Å². The first kappa shape index (κ1) is 14.9. The van der Waals surface area contributed by atoms with Crippen LogP contribution in [0.2, 0.25) is 5.02 Å². The van der Waals surface area contributed by atoms with Crippen molar-refractivity contribution in [2.24, 2.45) is 0 Å². The summed E-state index contributed by atoms with van der Waals surface area (Å²) >= 11 is 5.90. The van der Waals surface area contributed by atoms with E-state index in [1.165, 1.54) is 24.5 Å². The highest BCUT2D eigenvalue weighted by Crippen LogP contribution is 2.26. The molecule has 0 aliphatic heterocycles. The van der Waals surface area contributed by atoms with Crippen LogP contribution in [0.15, 0.2) is 36.9 Å². The van der Waals surface area contributed by atoms with Gasteiger partial charge in [0.1, 0.15) is 6.33 Å². The molecule has 0 saturated heterocycles. The van der Waals surface area contributed by atoms with E-state index >= 15 is 0 Å². The maximum absolute atomic E-state index is 11.8. The number of nitrogens with one attached hydrogen (secondary N) is 1. The number of hydrogen-bond acceptors (Lipinski definition) is 5. The summed E-state index contributed by atoms with van der Waals surface area (Å²) in [5.41, 5.74) is 0.920. The van der Waals surface area contributed by atoms with Crippen LogP contribution in [-0.2, 0) is 11.2 Å². The zero-order valence-corrected chi connectivity index (χ0v) is 11.6. The van der Waals surface area contributed by atoms with Crippen molar-refractivity contribution in [3.8, 4) is 0 Å². The summed E-state index contributed by atoms with van der Waals surface area (Å²) < 4.78 is 0. The number of non-ortho nitro benzene ring substituents is 1. The molecule has 0 aliphatic rings. The number of carbonyl (C=O) groups is 1. The fourth-order valence-corrected chi connectivity index (χ4v) is 1.82. The quantitative estimate of drug-likeness (QED) is 0.676.